The van der Waals surface area contributed by atoms with Crippen LogP contribution in [0.15, 0.2) is 53.4 Å². The molecule has 0 heterocycles. The number of methoxy groups -OCH3 is 1. The molecule has 0 aliphatic rings. The van der Waals surface area contributed by atoms with Gasteiger partial charge in [0.1, 0.15) is 10.6 Å². The summed E-state index contributed by atoms with van der Waals surface area (Å²) >= 11 is 0. The third-order valence-corrected chi connectivity index (χ3v) is 5.06. The van der Waals surface area contributed by atoms with Gasteiger partial charge in [0, 0.05) is 12.6 Å². The summed E-state index contributed by atoms with van der Waals surface area (Å²) in [7, 11) is -2.91. The largest absolute Gasteiger partial charge is 0.495 e. The van der Waals surface area contributed by atoms with Gasteiger partial charge in [-0.25, -0.2) is 0 Å². The summed E-state index contributed by atoms with van der Waals surface area (Å²) in [6.07, 6.45) is 0. The third-order valence-electron chi connectivity index (χ3n) is 4.15. The first-order valence-corrected chi connectivity index (χ1v) is 9.92. The van der Waals surface area contributed by atoms with Crippen LogP contribution in [-0.2, 0) is 10.1 Å². The Kier molecular flexibility index (Phi) is 6.81. The van der Waals surface area contributed by atoms with Gasteiger partial charge in [-0.1, -0.05) is 38.1 Å². The molecular formula is C19H24N2O5S. The number of nitrogens with one attached hydrogen (secondary N) is 2. The van der Waals surface area contributed by atoms with Crippen molar-refractivity contribution >= 4 is 21.7 Å². The van der Waals surface area contributed by atoms with E-state index in [0.717, 1.165) is 5.69 Å². The van der Waals surface area contributed by atoms with Crippen molar-refractivity contribution < 1.29 is 22.5 Å². The SMILES string of the molecule is COc1ccccc1NC[C@@H](NC(=O)c1ccccc1S(=O)(=O)O)C(C)C. The minimum absolute atomic E-state index is 0.0778. The zero-order valence-electron chi connectivity index (χ0n) is 15.5. The topological polar surface area (TPSA) is 105 Å². The molecular weight excluding hydrogens is 368 g/mol. The summed E-state index contributed by atoms with van der Waals surface area (Å²) < 4.78 is 37.7. The van der Waals surface area contributed by atoms with Crippen LogP contribution in [0.25, 0.3) is 0 Å². The Morgan fingerprint density at radius 3 is 2.37 bits per heavy atom. The van der Waals surface area contributed by atoms with E-state index in [4.69, 9.17) is 4.74 Å². The maximum absolute atomic E-state index is 12.6. The summed E-state index contributed by atoms with van der Waals surface area (Å²) in [4.78, 5) is 12.2. The molecule has 0 radical (unpaired) electrons. The molecule has 0 unspecified atom stereocenters. The van der Waals surface area contributed by atoms with Crippen molar-refractivity contribution in [3.63, 3.8) is 0 Å². The number of ether oxygens (including phenoxy) is 1. The summed E-state index contributed by atoms with van der Waals surface area (Å²) in [5.74, 6) is 0.195. The molecule has 0 bridgehead atoms. The van der Waals surface area contributed by atoms with Crippen molar-refractivity contribution in [1.29, 1.82) is 0 Å². The highest BCUT2D eigenvalue weighted by atomic mass is 32.2. The maximum atomic E-state index is 12.6. The molecule has 0 saturated carbocycles. The Morgan fingerprint density at radius 1 is 1.11 bits per heavy atom. The lowest BCUT2D eigenvalue weighted by Gasteiger charge is -2.24. The Balaban J connectivity index is 2.16. The molecule has 0 aromatic heterocycles. The Morgan fingerprint density at radius 2 is 1.74 bits per heavy atom. The zero-order chi connectivity index (χ0) is 20.0. The van der Waals surface area contributed by atoms with E-state index in [9.17, 15) is 17.8 Å². The lowest BCUT2D eigenvalue weighted by molar-refractivity contribution is 0.0925. The fourth-order valence-corrected chi connectivity index (χ4v) is 3.28. The van der Waals surface area contributed by atoms with Gasteiger partial charge < -0.3 is 15.4 Å². The molecule has 3 N–H and O–H groups in total. The Hall–Kier alpha value is -2.58. The first kappa shape index (κ1) is 20.7. The molecule has 7 nitrogen and oxygen atoms in total. The van der Waals surface area contributed by atoms with E-state index in [2.05, 4.69) is 10.6 Å². The van der Waals surface area contributed by atoms with Crippen molar-refractivity contribution in [2.75, 3.05) is 19.0 Å². The van der Waals surface area contributed by atoms with E-state index in [0.29, 0.717) is 12.3 Å². The molecule has 1 amide bonds. The number of para-hydroxylation sites is 2. The number of hydrogen-bond acceptors (Lipinski definition) is 5. The second kappa shape index (κ2) is 8.88. The summed E-state index contributed by atoms with van der Waals surface area (Å²) in [6.45, 7) is 4.31. The van der Waals surface area contributed by atoms with E-state index in [1.165, 1.54) is 18.2 Å². The normalized spacial score (nSPS) is 12.5. The van der Waals surface area contributed by atoms with Crippen LogP contribution in [0.5, 0.6) is 5.75 Å². The minimum atomic E-state index is -4.49. The molecule has 1 atom stereocenters. The van der Waals surface area contributed by atoms with Crippen LogP contribution in [0.1, 0.15) is 24.2 Å². The van der Waals surface area contributed by atoms with Crippen LogP contribution in [-0.4, -0.2) is 38.6 Å². The molecule has 2 rings (SSSR count). The molecule has 146 valence electrons. The monoisotopic (exact) mass is 392 g/mol. The van der Waals surface area contributed by atoms with Gasteiger partial charge in [-0.2, -0.15) is 8.42 Å². The molecule has 2 aromatic rings. The first-order chi connectivity index (χ1) is 12.7. The van der Waals surface area contributed by atoms with Crippen molar-refractivity contribution in [2.24, 2.45) is 5.92 Å². The van der Waals surface area contributed by atoms with Crippen LogP contribution >= 0.6 is 0 Å². The van der Waals surface area contributed by atoms with Crippen LogP contribution in [0.3, 0.4) is 0 Å². The zero-order valence-corrected chi connectivity index (χ0v) is 16.3. The second-order valence-corrected chi connectivity index (χ2v) is 7.77. The van der Waals surface area contributed by atoms with Crippen molar-refractivity contribution in [3.05, 3.63) is 54.1 Å². The fourth-order valence-electron chi connectivity index (χ4n) is 2.59. The number of amides is 1. The van der Waals surface area contributed by atoms with Crippen molar-refractivity contribution in [1.82, 2.24) is 5.32 Å². The van der Waals surface area contributed by atoms with Gasteiger partial charge in [0.15, 0.2) is 0 Å². The molecule has 2 aromatic carbocycles. The number of carbonyl (C=O) groups is 1. The summed E-state index contributed by atoms with van der Waals surface area (Å²) in [6, 6.07) is 12.7. The Labute approximate surface area is 159 Å². The standard InChI is InChI=1S/C19H24N2O5S/c1-13(2)16(12-20-15-9-5-6-10-17(15)26-3)21-19(22)14-8-4-7-11-18(14)27(23,24)25/h4-11,13,16,20H,12H2,1-3H3,(H,21,22)(H,23,24,25)/t16-/m1/s1. The van der Waals surface area contributed by atoms with E-state index < -0.39 is 20.9 Å². The molecule has 0 saturated heterocycles. The summed E-state index contributed by atoms with van der Waals surface area (Å²) in [5, 5.41) is 6.08. The third kappa shape index (κ3) is 5.45. The van der Waals surface area contributed by atoms with Crippen LogP contribution < -0.4 is 15.4 Å². The highest BCUT2D eigenvalue weighted by molar-refractivity contribution is 7.86. The smallest absolute Gasteiger partial charge is 0.295 e. The van der Waals surface area contributed by atoms with E-state index in [-0.39, 0.29) is 17.5 Å². The first-order valence-electron chi connectivity index (χ1n) is 8.48. The maximum Gasteiger partial charge on any atom is 0.295 e. The van der Waals surface area contributed by atoms with Gasteiger partial charge in [-0.3, -0.25) is 9.35 Å². The van der Waals surface area contributed by atoms with Gasteiger partial charge >= 0.3 is 0 Å². The van der Waals surface area contributed by atoms with Gasteiger partial charge in [0.25, 0.3) is 16.0 Å². The molecule has 27 heavy (non-hydrogen) atoms. The van der Waals surface area contributed by atoms with E-state index >= 15 is 0 Å². The van der Waals surface area contributed by atoms with E-state index in [1.54, 1.807) is 13.2 Å². The molecule has 0 fully saturated rings. The average Bonchev–Trinajstić information content (AvgIpc) is 2.64. The average molecular weight is 392 g/mol. The van der Waals surface area contributed by atoms with Gasteiger partial charge in [0.05, 0.1) is 18.4 Å². The quantitative estimate of drug-likeness (QED) is 0.597. The molecule has 8 heteroatoms. The highest BCUT2D eigenvalue weighted by Gasteiger charge is 2.23. The minimum Gasteiger partial charge on any atom is -0.495 e. The van der Waals surface area contributed by atoms with Crippen molar-refractivity contribution in [3.8, 4) is 5.75 Å². The number of benzene rings is 2. The van der Waals surface area contributed by atoms with Crippen LogP contribution in [0, 0.1) is 5.92 Å². The lowest BCUT2D eigenvalue weighted by Crippen LogP contribution is -2.43. The molecule has 0 aliphatic heterocycles. The number of carbonyl (C=O) groups excluding carboxylic acids is 1. The Bertz CT molecular complexity index is 896. The number of rotatable bonds is 8. The molecule has 0 spiro atoms. The second-order valence-electron chi connectivity index (χ2n) is 6.38. The number of hydrogen-bond donors (Lipinski definition) is 3. The number of anilines is 1. The van der Waals surface area contributed by atoms with Gasteiger partial charge in [0.2, 0.25) is 0 Å². The van der Waals surface area contributed by atoms with Crippen LogP contribution in [0.2, 0.25) is 0 Å². The predicted octanol–water partition coefficient (Wildman–Crippen LogP) is 2.81. The predicted molar refractivity (Wildman–Crippen MR) is 104 cm³/mol. The summed E-state index contributed by atoms with van der Waals surface area (Å²) in [5.41, 5.74) is 0.696. The van der Waals surface area contributed by atoms with Crippen molar-refractivity contribution in [2.45, 2.75) is 24.8 Å². The van der Waals surface area contributed by atoms with Crippen LogP contribution in [0.4, 0.5) is 5.69 Å². The lowest BCUT2D eigenvalue weighted by atomic mass is 10.0. The molecule has 0 aliphatic carbocycles. The van der Waals surface area contributed by atoms with E-state index in [1.807, 2.05) is 38.1 Å². The van der Waals surface area contributed by atoms with Gasteiger partial charge in [-0.15, -0.1) is 0 Å². The fraction of sp³-hybridized carbons (Fsp3) is 0.316. The van der Waals surface area contributed by atoms with Gasteiger partial charge in [-0.05, 0) is 30.2 Å². The highest BCUT2D eigenvalue weighted by Crippen LogP contribution is 2.23.